The largest absolute Gasteiger partial charge is 0.441 e. The van der Waals surface area contributed by atoms with E-state index in [0.717, 1.165) is 0 Å². The topological polar surface area (TPSA) is 69.2 Å². The molecule has 0 fully saturated rings. The molecule has 0 atom stereocenters. The van der Waals surface area contributed by atoms with Crippen molar-refractivity contribution in [3.8, 4) is 11.3 Å². The van der Waals surface area contributed by atoms with Gasteiger partial charge in [0.15, 0.2) is 11.7 Å². The first-order valence-electron chi connectivity index (χ1n) is 4.44. The molecular weight excluding hydrogens is 232 g/mol. The molecular formula is C10H7ClN2O3. The second kappa shape index (κ2) is 3.94. The molecule has 0 radical (unpaired) electrons. The Morgan fingerprint density at radius 1 is 1.50 bits per heavy atom. The maximum absolute atomic E-state index is 10.7. The van der Waals surface area contributed by atoms with E-state index in [1.165, 1.54) is 18.3 Å². The number of nitro groups is 1. The van der Waals surface area contributed by atoms with Crippen molar-refractivity contribution in [3.05, 3.63) is 45.4 Å². The molecule has 1 heterocycles. The fourth-order valence-corrected chi connectivity index (χ4v) is 1.49. The van der Waals surface area contributed by atoms with Gasteiger partial charge in [-0.05, 0) is 12.1 Å². The number of aromatic nitrogens is 1. The lowest BCUT2D eigenvalue weighted by atomic mass is 10.1. The Labute approximate surface area is 95.8 Å². The summed E-state index contributed by atoms with van der Waals surface area (Å²) in [5.74, 6) is 0.991. The van der Waals surface area contributed by atoms with Gasteiger partial charge in [-0.15, -0.1) is 0 Å². The first-order chi connectivity index (χ1) is 7.58. The van der Waals surface area contributed by atoms with Crippen LogP contribution in [-0.2, 0) is 0 Å². The lowest BCUT2D eigenvalue weighted by Crippen LogP contribution is -1.89. The molecule has 0 aliphatic carbocycles. The van der Waals surface area contributed by atoms with Crippen LogP contribution in [0, 0.1) is 17.0 Å². The minimum atomic E-state index is -0.533. The molecule has 0 unspecified atom stereocenters. The second-order valence-corrected chi connectivity index (χ2v) is 3.57. The van der Waals surface area contributed by atoms with Crippen LogP contribution in [0.15, 0.2) is 28.8 Å². The van der Waals surface area contributed by atoms with E-state index < -0.39 is 4.92 Å². The highest BCUT2D eigenvalue weighted by Gasteiger charge is 2.14. The maximum Gasteiger partial charge on any atom is 0.288 e. The van der Waals surface area contributed by atoms with Crippen molar-refractivity contribution in [3.63, 3.8) is 0 Å². The number of nitro benzene ring substituents is 1. The Morgan fingerprint density at radius 2 is 2.25 bits per heavy atom. The van der Waals surface area contributed by atoms with E-state index in [0.29, 0.717) is 17.2 Å². The van der Waals surface area contributed by atoms with Crippen LogP contribution in [0.1, 0.15) is 5.89 Å². The Hall–Kier alpha value is -1.88. The average Bonchev–Trinajstić information content (AvgIpc) is 2.65. The number of rotatable bonds is 2. The number of aryl methyl sites for hydroxylation is 1. The number of hydrogen-bond acceptors (Lipinski definition) is 4. The van der Waals surface area contributed by atoms with Gasteiger partial charge in [-0.25, -0.2) is 4.98 Å². The first-order valence-corrected chi connectivity index (χ1v) is 4.82. The van der Waals surface area contributed by atoms with Gasteiger partial charge in [-0.2, -0.15) is 0 Å². The summed E-state index contributed by atoms with van der Waals surface area (Å²) in [6.45, 7) is 1.70. The molecule has 2 rings (SSSR count). The highest BCUT2D eigenvalue weighted by molar-refractivity contribution is 6.32. The predicted molar refractivity (Wildman–Crippen MR) is 58.3 cm³/mol. The van der Waals surface area contributed by atoms with Crippen LogP contribution < -0.4 is 0 Å². The third-order valence-electron chi connectivity index (χ3n) is 2.05. The molecule has 6 heteroatoms. The smallest absolute Gasteiger partial charge is 0.288 e. The molecule has 0 saturated carbocycles. The van der Waals surface area contributed by atoms with Crippen LogP contribution in [0.3, 0.4) is 0 Å². The fourth-order valence-electron chi connectivity index (χ4n) is 1.30. The van der Waals surface area contributed by atoms with Gasteiger partial charge in [0, 0.05) is 18.6 Å². The molecule has 0 spiro atoms. The van der Waals surface area contributed by atoms with Gasteiger partial charge in [-0.1, -0.05) is 11.6 Å². The summed E-state index contributed by atoms with van der Waals surface area (Å²) < 4.78 is 5.27. The summed E-state index contributed by atoms with van der Waals surface area (Å²) in [6.07, 6.45) is 1.52. The Morgan fingerprint density at radius 3 is 2.81 bits per heavy atom. The summed E-state index contributed by atoms with van der Waals surface area (Å²) in [6, 6.07) is 4.48. The van der Waals surface area contributed by atoms with Crippen molar-refractivity contribution < 1.29 is 9.34 Å². The van der Waals surface area contributed by atoms with E-state index in [2.05, 4.69) is 4.98 Å². The molecule has 2 aromatic rings. The van der Waals surface area contributed by atoms with Crippen LogP contribution in [0.4, 0.5) is 5.69 Å². The van der Waals surface area contributed by atoms with Crippen LogP contribution in [0.25, 0.3) is 11.3 Å². The number of halogens is 1. The summed E-state index contributed by atoms with van der Waals surface area (Å²) in [5.41, 5.74) is 0.435. The molecule has 0 bridgehead atoms. The summed E-state index contributed by atoms with van der Waals surface area (Å²) in [4.78, 5) is 14.1. The normalized spacial score (nSPS) is 10.4. The fraction of sp³-hybridized carbons (Fsp3) is 0.100. The Balaban J connectivity index is 2.51. The molecule has 5 nitrogen and oxygen atoms in total. The van der Waals surface area contributed by atoms with E-state index in [1.54, 1.807) is 13.0 Å². The summed E-state index contributed by atoms with van der Waals surface area (Å²) in [5, 5.41) is 10.8. The van der Waals surface area contributed by atoms with E-state index in [-0.39, 0.29) is 10.7 Å². The van der Waals surface area contributed by atoms with Crippen LogP contribution >= 0.6 is 11.6 Å². The van der Waals surface area contributed by atoms with Crippen molar-refractivity contribution in [2.75, 3.05) is 0 Å². The third-order valence-corrected chi connectivity index (χ3v) is 2.37. The van der Waals surface area contributed by atoms with Crippen LogP contribution in [0.5, 0.6) is 0 Å². The third kappa shape index (κ3) is 1.90. The molecule has 1 aromatic carbocycles. The van der Waals surface area contributed by atoms with Gasteiger partial charge in [0.2, 0.25) is 0 Å². The minimum Gasteiger partial charge on any atom is -0.441 e. The van der Waals surface area contributed by atoms with Crippen molar-refractivity contribution in [2.24, 2.45) is 0 Å². The number of benzene rings is 1. The summed E-state index contributed by atoms with van der Waals surface area (Å²) >= 11 is 5.70. The molecule has 16 heavy (non-hydrogen) atoms. The van der Waals surface area contributed by atoms with Gasteiger partial charge in [0.1, 0.15) is 5.02 Å². The molecule has 0 amide bonds. The number of hydrogen-bond donors (Lipinski definition) is 0. The predicted octanol–water partition coefficient (Wildman–Crippen LogP) is 3.21. The molecule has 0 saturated heterocycles. The van der Waals surface area contributed by atoms with Crippen molar-refractivity contribution in [1.29, 1.82) is 0 Å². The van der Waals surface area contributed by atoms with Gasteiger partial charge in [0.25, 0.3) is 5.69 Å². The first kappa shape index (κ1) is 10.6. The summed E-state index contributed by atoms with van der Waals surface area (Å²) in [7, 11) is 0. The van der Waals surface area contributed by atoms with Crippen LogP contribution in [0.2, 0.25) is 5.02 Å². The van der Waals surface area contributed by atoms with Crippen molar-refractivity contribution >= 4 is 17.3 Å². The van der Waals surface area contributed by atoms with Crippen LogP contribution in [-0.4, -0.2) is 9.91 Å². The lowest BCUT2D eigenvalue weighted by Gasteiger charge is -1.98. The lowest BCUT2D eigenvalue weighted by molar-refractivity contribution is -0.384. The molecule has 1 aromatic heterocycles. The monoisotopic (exact) mass is 238 g/mol. The minimum absolute atomic E-state index is 0.102. The zero-order valence-corrected chi connectivity index (χ0v) is 9.06. The van der Waals surface area contributed by atoms with E-state index in [9.17, 15) is 10.1 Å². The number of nitrogens with zero attached hydrogens (tertiary/aromatic N) is 2. The molecule has 82 valence electrons. The molecule has 0 aliphatic rings. The number of oxazole rings is 1. The average molecular weight is 239 g/mol. The maximum atomic E-state index is 10.7. The Kier molecular flexibility index (Phi) is 2.62. The second-order valence-electron chi connectivity index (χ2n) is 3.17. The van der Waals surface area contributed by atoms with E-state index in [1.807, 2.05) is 0 Å². The van der Waals surface area contributed by atoms with Crippen molar-refractivity contribution in [2.45, 2.75) is 6.92 Å². The SMILES string of the molecule is Cc1ncc(-c2ccc(Cl)c([N+](=O)[O-])c2)o1. The quantitative estimate of drug-likeness (QED) is 0.595. The zero-order chi connectivity index (χ0) is 11.7. The molecule has 0 aliphatic heterocycles. The Bertz CT molecular complexity index is 551. The highest BCUT2D eigenvalue weighted by atomic mass is 35.5. The van der Waals surface area contributed by atoms with Gasteiger partial charge in [-0.3, -0.25) is 10.1 Å². The molecule has 0 N–H and O–H groups in total. The van der Waals surface area contributed by atoms with Gasteiger partial charge < -0.3 is 4.42 Å². The zero-order valence-electron chi connectivity index (χ0n) is 8.31. The van der Waals surface area contributed by atoms with E-state index in [4.69, 9.17) is 16.0 Å². The standard InChI is InChI=1S/C10H7ClN2O3/c1-6-12-5-10(16-6)7-2-3-8(11)9(4-7)13(14)15/h2-5H,1H3. The van der Waals surface area contributed by atoms with Crippen molar-refractivity contribution in [1.82, 2.24) is 4.98 Å². The van der Waals surface area contributed by atoms with Gasteiger partial charge >= 0.3 is 0 Å². The highest BCUT2D eigenvalue weighted by Crippen LogP contribution is 2.30. The van der Waals surface area contributed by atoms with E-state index >= 15 is 0 Å². The van der Waals surface area contributed by atoms with Gasteiger partial charge in [0.05, 0.1) is 11.1 Å².